The number of para-hydroxylation sites is 1. The first-order valence-electron chi connectivity index (χ1n) is 6.91. The number of hydrogen-bond acceptors (Lipinski definition) is 6. The smallest absolute Gasteiger partial charge is 0.229 e. The summed E-state index contributed by atoms with van der Waals surface area (Å²) in [5.74, 6) is 1.27. The molecule has 0 amide bonds. The summed E-state index contributed by atoms with van der Waals surface area (Å²) in [4.78, 5) is 4.21. The van der Waals surface area contributed by atoms with Gasteiger partial charge in [-0.15, -0.1) is 14.8 Å². The van der Waals surface area contributed by atoms with E-state index in [9.17, 15) is 8.42 Å². The van der Waals surface area contributed by atoms with Crippen molar-refractivity contribution in [3.8, 4) is 0 Å². The zero-order chi connectivity index (χ0) is 16.4. The Morgan fingerprint density at radius 1 is 1.13 bits per heavy atom. The summed E-state index contributed by atoms with van der Waals surface area (Å²) in [5.41, 5.74) is 2.03. The van der Waals surface area contributed by atoms with Gasteiger partial charge in [0.1, 0.15) is 11.6 Å². The topological polar surface area (TPSA) is 101 Å². The van der Waals surface area contributed by atoms with Gasteiger partial charge in [-0.1, -0.05) is 18.2 Å². The fourth-order valence-electron chi connectivity index (χ4n) is 2.14. The Balaban J connectivity index is 1.79. The highest BCUT2D eigenvalue weighted by atomic mass is 32.2. The Morgan fingerprint density at radius 3 is 2.70 bits per heavy atom. The number of fused-ring (bicyclic) bond motifs is 1. The summed E-state index contributed by atoms with van der Waals surface area (Å²) in [6, 6.07) is 10.8. The second-order valence-corrected chi connectivity index (χ2v) is 6.86. The molecule has 9 heteroatoms. The van der Waals surface area contributed by atoms with Crippen molar-refractivity contribution in [3.05, 3.63) is 47.8 Å². The standard InChI is InChI=1S/C14H16N6O2S/c1-10-16-14-8-7-13(18-20(14)17-10)15-9-11-5-3-4-6-12(11)19-23(2,21)22/h3-8,19H,9H2,1-2H3,(H,15,18). The van der Waals surface area contributed by atoms with E-state index in [1.807, 2.05) is 18.2 Å². The van der Waals surface area contributed by atoms with E-state index in [4.69, 9.17) is 0 Å². The zero-order valence-corrected chi connectivity index (χ0v) is 13.5. The van der Waals surface area contributed by atoms with Crippen LogP contribution in [0.5, 0.6) is 0 Å². The molecule has 0 aliphatic carbocycles. The maximum absolute atomic E-state index is 11.4. The van der Waals surface area contributed by atoms with Crippen molar-refractivity contribution in [2.45, 2.75) is 13.5 Å². The van der Waals surface area contributed by atoms with Gasteiger partial charge in [-0.3, -0.25) is 4.72 Å². The molecule has 0 bridgehead atoms. The van der Waals surface area contributed by atoms with Crippen molar-refractivity contribution in [1.82, 2.24) is 19.8 Å². The lowest BCUT2D eigenvalue weighted by molar-refractivity contribution is 0.606. The molecule has 0 saturated carbocycles. The number of nitrogens with one attached hydrogen (secondary N) is 2. The van der Waals surface area contributed by atoms with Crippen LogP contribution in [0.2, 0.25) is 0 Å². The van der Waals surface area contributed by atoms with E-state index < -0.39 is 10.0 Å². The Labute approximate surface area is 133 Å². The first-order chi connectivity index (χ1) is 10.9. The summed E-state index contributed by atoms with van der Waals surface area (Å²) in [6.45, 7) is 2.22. The van der Waals surface area contributed by atoms with Crippen molar-refractivity contribution in [2.24, 2.45) is 0 Å². The highest BCUT2D eigenvalue weighted by Crippen LogP contribution is 2.17. The van der Waals surface area contributed by atoms with E-state index in [1.54, 1.807) is 25.1 Å². The molecular weight excluding hydrogens is 316 g/mol. The van der Waals surface area contributed by atoms with E-state index in [2.05, 4.69) is 25.2 Å². The molecule has 0 aliphatic heterocycles. The van der Waals surface area contributed by atoms with Crippen molar-refractivity contribution in [3.63, 3.8) is 0 Å². The molecule has 120 valence electrons. The summed E-state index contributed by atoms with van der Waals surface area (Å²) >= 11 is 0. The molecule has 3 rings (SSSR count). The Kier molecular flexibility index (Phi) is 3.87. The molecule has 8 nitrogen and oxygen atoms in total. The van der Waals surface area contributed by atoms with Crippen LogP contribution in [0.15, 0.2) is 36.4 Å². The third-order valence-corrected chi connectivity index (χ3v) is 3.68. The minimum atomic E-state index is -3.32. The van der Waals surface area contributed by atoms with Crippen LogP contribution in [-0.4, -0.2) is 34.5 Å². The molecule has 0 spiro atoms. The van der Waals surface area contributed by atoms with Gasteiger partial charge >= 0.3 is 0 Å². The third-order valence-electron chi connectivity index (χ3n) is 3.09. The van der Waals surface area contributed by atoms with E-state index >= 15 is 0 Å². The number of anilines is 2. The summed E-state index contributed by atoms with van der Waals surface area (Å²) in [6.07, 6.45) is 1.12. The molecule has 3 aromatic rings. The maximum atomic E-state index is 11.4. The molecule has 2 aromatic heterocycles. The quantitative estimate of drug-likeness (QED) is 0.733. The van der Waals surface area contributed by atoms with Gasteiger partial charge in [0.2, 0.25) is 10.0 Å². The third kappa shape index (κ3) is 3.75. The van der Waals surface area contributed by atoms with Crippen molar-refractivity contribution in [2.75, 3.05) is 16.3 Å². The number of sulfonamides is 1. The fourth-order valence-corrected chi connectivity index (χ4v) is 2.74. The van der Waals surface area contributed by atoms with Crippen LogP contribution in [0.3, 0.4) is 0 Å². The second-order valence-electron chi connectivity index (χ2n) is 5.11. The van der Waals surface area contributed by atoms with E-state index in [1.165, 1.54) is 4.63 Å². The van der Waals surface area contributed by atoms with E-state index in [0.717, 1.165) is 11.8 Å². The van der Waals surface area contributed by atoms with Gasteiger partial charge in [-0.05, 0) is 30.7 Å². The molecule has 0 saturated heterocycles. The predicted octanol–water partition coefficient (Wildman–Crippen LogP) is 1.42. The van der Waals surface area contributed by atoms with Crippen LogP contribution in [0.4, 0.5) is 11.5 Å². The van der Waals surface area contributed by atoms with E-state index in [-0.39, 0.29) is 0 Å². The average Bonchev–Trinajstić information content (AvgIpc) is 2.84. The van der Waals surface area contributed by atoms with Gasteiger partial charge in [0.05, 0.1) is 11.9 Å². The molecule has 2 N–H and O–H groups in total. The molecule has 0 atom stereocenters. The SMILES string of the molecule is Cc1nc2ccc(NCc3ccccc3NS(C)(=O)=O)nn2n1. The molecule has 0 fully saturated rings. The Bertz CT molecular complexity index is 951. The molecular formula is C14H16N6O2S. The second kappa shape index (κ2) is 5.84. The monoisotopic (exact) mass is 332 g/mol. The van der Waals surface area contributed by atoms with Crippen molar-refractivity contribution in [1.29, 1.82) is 0 Å². The lowest BCUT2D eigenvalue weighted by Gasteiger charge is -2.11. The summed E-state index contributed by atoms with van der Waals surface area (Å²) in [5, 5.41) is 11.6. The Morgan fingerprint density at radius 2 is 1.91 bits per heavy atom. The van der Waals surface area contributed by atoms with Crippen LogP contribution in [0.25, 0.3) is 5.65 Å². The van der Waals surface area contributed by atoms with Gasteiger partial charge in [-0.25, -0.2) is 13.4 Å². The van der Waals surface area contributed by atoms with Gasteiger partial charge in [-0.2, -0.15) is 0 Å². The highest BCUT2D eigenvalue weighted by molar-refractivity contribution is 7.92. The number of nitrogens with zero attached hydrogens (tertiary/aromatic N) is 4. The number of aromatic nitrogens is 4. The molecule has 1 aromatic carbocycles. The highest BCUT2D eigenvalue weighted by Gasteiger charge is 2.08. The van der Waals surface area contributed by atoms with Crippen LogP contribution in [0.1, 0.15) is 11.4 Å². The number of hydrogen-bond donors (Lipinski definition) is 2. The largest absolute Gasteiger partial charge is 0.364 e. The zero-order valence-electron chi connectivity index (χ0n) is 12.7. The number of benzene rings is 1. The Hall–Kier alpha value is -2.68. The van der Waals surface area contributed by atoms with Gasteiger partial charge in [0.25, 0.3) is 0 Å². The molecule has 23 heavy (non-hydrogen) atoms. The van der Waals surface area contributed by atoms with Gasteiger partial charge < -0.3 is 5.32 Å². The van der Waals surface area contributed by atoms with Crippen LogP contribution < -0.4 is 10.0 Å². The van der Waals surface area contributed by atoms with Crippen LogP contribution in [-0.2, 0) is 16.6 Å². The van der Waals surface area contributed by atoms with Gasteiger partial charge in [0, 0.05) is 6.54 Å². The summed E-state index contributed by atoms with van der Waals surface area (Å²) < 4.78 is 26.8. The first-order valence-corrected chi connectivity index (χ1v) is 8.80. The summed E-state index contributed by atoms with van der Waals surface area (Å²) in [7, 11) is -3.32. The van der Waals surface area contributed by atoms with Crippen LogP contribution >= 0.6 is 0 Å². The lowest BCUT2D eigenvalue weighted by atomic mass is 10.2. The first kappa shape index (κ1) is 15.2. The fraction of sp³-hybridized carbons (Fsp3) is 0.214. The van der Waals surface area contributed by atoms with Gasteiger partial charge in [0.15, 0.2) is 5.65 Å². The predicted molar refractivity (Wildman–Crippen MR) is 87.8 cm³/mol. The van der Waals surface area contributed by atoms with Crippen LogP contribution in [0, 0.1) is 6.92 Å². The number of aryl methyl sites for hydroxylation is 1. The molecule has 2 heterocycles. The van der Waals surface area contributed by atoms with Crippen molar-refractivity contribution >= 4 is 27.2 Å². The minimum absolute atomic E-state index is 0.422. The molecule has 0 unspecified atom stereocenters. The normalized spacial score (nSPS) is 11.6. The average molecular weight is 332 g/mol. The molecule has 0 aliphatic rings. The minimum Gasteiger partial charge on any atom is -0.364 e. The lowest BCUT2D eigenvalue weighted by Crippen LogP contribution is -2.13. The number of rotatable bonds is 5. The van der Waals surface area contributed by atoms with E-state index in [0.29, 0.717) is 29.5 Å². The molecule has 0 radical (unpaired) electrons. The maximum Gasteiger partial charge on any atom is 0.229 e. The van der Waals surface area contributed by atoms with Crippen molar-refractivity contribution < 1.29 is 8.42 Å².